The molecule has 1 aliphatic rings. The van der Waals surface area contributed by atoms with Crippen LogP contribution in [0.4, 0.5) is 5.69 Å². The van der Waals surface area contributed by atoms with Gasteiger partial charge in [0.1, 0.15) is 0 Å². The number of nitrogens with one attached hydrogen (secondary N) is 2. The Morgan fingerprint density at radius 1 is 1.25 bits per heavy atom. The molecule has 1 aromatic heterocycles. The molecule has 3 rings (SSSR count). The maximum absolute atomic E-state index is 6.01. The van der Waals surface area contributed by atoms with Crippen LogP contribution in [0, 0.1) is 0 Å². The number of halogens is 1. The quantitative estimate of drug-likeness (QED) is 0.827. The first-order valence-electron chi connectivity index (χ1n) is 6.20. The van der Waals surface area contributed by atoms with Gasteiger partial charge in [-0.3, -0.25) is 4.98 Å². The Morgan fingerprint density at radius 2 is 2.05 bits per heavy atom. The number of hydrogen-bond acceptors (Lipinski definition) is 5. The van der Waals surface area contributed by atoms with Gasteiger partial charge in [-0.15, -0.1) is 0 Å². The SMILES string of the molecule is CC(NC1=NSc2ccc(Cl)cc2N1)c1ccncc1. The lowest BCUT2D eigenvalue weighted by atomic mass is 10.1. The van der Waals surface area contributed by atoms with E-state index in [0.717, 1.165) is 22.1 Å². The van der Waals surface area contributed by atoms with E-state index in [1.807, 2.05) is 30.3 Å². The van der Waals surface area contributed by atoms with Gasteiger partial charge in [-0.05, 0) is 42.8 Å². The van der Waals surface area contributed by atoms with Crippen LogP contribution >= 0.6 is 23.5 Å². The maximum atomic E-state index is 6.01. The average molecular weight is 305 g/mol. The number of nitrogens with zero attached hydrogens (tertiary/aromatic N) is 2. The molecule has 2 heterocycles. The lowest BCUT2D eigenvalue weighted by Gasteiger charge is -2.22. The summed E-state index contributed by atoms with van der Waals surface area (Å²) in [6.07, 6.45) is 3.57. The number of guanidine groups is 1. The number of benzene rings is 1. The second-order valence-corrected chi connectivity index (χ2v) is 5.68. The summed E-state index contributed by atoms with van der Waals surface area (Å²) in [5.74, 6) is 0.731. The van der Waals surface area contributed by atoms with Crippen molar-refractivity contribution in [1.29, 1.82) is 0 Å². The molecule has 20 heavy (non-hydrogen) atoms. The lowest BCUT2D eigenvalue weighted by Crippen LogP contribution is -2.33. The van der Waals surface area contributed by atoms with Gasteiger partial charge in [0.05, 0.1) is 16.6 Å². The molecule has 2 aromatic rings. The zero-order chi connectivity index (χ0) is 13.9. The molecule has 4 nitrogen and oxygen atoms in total. The summed E-state index contributed by atoms with van der Waals surface area (Å²) in [4.78, 5) is 5.09. The first-order chi connectivity index (χ1) is 9.72. The van der Waals surface area contributed by atoms with E-state index in [1.54, 1.807) is 12.4 Å². The second-order valence-electron chi connectivity index (χ2n) is 4.44. The van der Waals surface area contributed by atoms with E-state index in [1.165, 1.54) is 11.9 Å². The fraction of sp³-hybridized carbons (Fsp3) is 0.143. The van der Waals surface area contributed by atoms with Crippen molar-refractivity contribution in [1.82, 2.24) is 10.3 Å². The molecule has 0 saturated heterocycles. The van der Waals surface area contributed by atoms with Crippen molar-refractivity contribution in [3.8, 4) is 0 Å². The fourth-order valence-corrected chi connectivity index (χ4v) is 2.72. The normalized spacial score (nSPS) is 14.8. The molecule has 2 N–H and O–H groups in total. The van der Waals surface area contributed by atoms with Crippen molar-refractivity contribution >= 4 is 35.2 Å². The number of pyridine rings is 1. The third-order valence-electron chi connectivity index (χ3n) is 2.99. The summed E-state index contributed by atoms with van der Waals surface area (Å²) >= 11 is 7.44. The largest absolute Gasteiger partial charge is 0.349 e. The van der Waals surface area contributed by atoms with E-state index in [2.05, 4.69) is 26.9 Å². The first kappa shape index (κ1) is 13.3. The Labute approximate surface area is 126 Å². The van der Waals surface area contributed by atoms with Crippen molar-refractivity contribution in [3.05, 3.63) is 53.3 Å². The molecular weight excluding hydrogens is 292 g/mol. The van der Waals surface area contributed by atoms with Crippen LogP contribution in [-0.2, 0) is 0 Å². The van der Waals surface area contributed by atoms with Crippen LogP contribution in [0.5, 0.6) is 0 Å². The fourth-order valence-electron chi connectivity index (χ4n) is 1.93. The van der Waals surface area contributed by atoms with Gasteiger partial charge in [0.2, 0.25) is 5.96 Å². The minimum atomic E-state index is 0.144. The van der Waals surface area contributed by atoms with Gasteiger partial charge in [0.25, 0.3) is 0 Å². The number of fused-ring (bicyclic) bond motifs is 1. The van der Waals surface area contributed by atoms with E-state index in [0.29, 0.717) is 5.02 Å². The van der Waals surface area contributed by atoms with E-state index in [4.69, 9.17) is 11.6 Å². The Balaban J connectivity index is 1.72. The molecule has 0 amide bonds. The summed E-state index contributed by atoms with van der Waals surface area (Å²) in [6, 6.07) is 9.84. The smallest absolute Gasteiger partial charge is 0.208 e. The summed E-state index contributed by atoms with van der Waals surface area (Å²) < 4.78 is 4.42. The van der Waals surface area contributed by atoms with Gasteiger partial charge in [-0.2, -0.15) is 4.40 Å². The van der Waals surface area contributed by atoms with Gasteiger partial charge in [0.15, 0.2) is 0 Å². The van der Waals surface area contributed by atoms with Crippen LogP contribution in [0.2, 0.25) is 5.02 Å². The zero-order valence-electron chi connectivity index (χ0n) is 10.8. The van der Waals surface area contributed by atoms with Gasteiger partial charge in [-0.25, -0.2) is 0 Å². The van der Waals surface area contributed by atoms with Crippen LogP contribution in [-0.4, -0.2) is 10.9 Å². The highest BCUT2D eigenvalue weighted by Gasteiger charge is 2.15. The molecule has 0 fully saturated rings. The standard InChI is InChI=1S/C14H13ClN4S/c1-9(10-4-6-16-7-5-10)17-14-18-12-8-11(15)2-3-13(12)20-19-14/h2-9H,1H3,(H2,17,18,19). The summed E-state index contributed by atoms with van der Waals surface area (Å²) in [5, 5.41) is 7.31. The van der Waals surface area contributed by atoms with Crippen molar-refractivity contribution in [2.45, 2.75) is 17.9 Å². The van der Waals surface area contributed by atoms with Crippen LogP contribution in [0.25, 0.3) is 0 Å². The molecular formula is C14H13ClN4S. The first-order valence-corrected chi connectivity index (χ1v) is 7.35. The topological polar surface area (TPSA) is 49.3 Å². The Morgan fingerprint density at radius 3 is 2.85 bits per heavy atom. The highest BCUT2D eigenvalue weighted by Crippen LogP contribution is 2.33. The molecule has 0 bridgehead atoms. The van der Waals surface area contributed by atoms with Crippen LogP contribution in [0.1, 0.15) is 18.5 Å². The monoisotopic (exact) mass is 304 g/mol. The van der Waals surface area contributed by atoms with Crippen molar-refractivity contribution in [3.63, 3.8) is 0 Å². The molecule has 1 unspecified atom stereocenters. The molecule has 102 valence electrons. The van der Waals surface area contributed by atoms with E-state index in [9.17, 15) is 0 Å². The molecule has 1 aliphatic heterocycles. The van der Waals surface area contributed by atoms with Crippen molar-refractivity contribution in [2.75, 3.05) is 5.32 Å². The molecule has 1 atom stereocenters. The number of anilines is 1. The predicted molar refractivity (Wildman–Crippen MR) is 84.2 cm³/mol. The minimum Gasteiger partial charge on any atom is -0.349 e. The molecule has 0 aliphatic carbocycles. The van der Waals surface area contributed by atoms with Crippen molar-refractivity contribution < 1.29 is 0 Å². The molecule has 0 saturated carbocycles. The zero-order valence-corrected chi connectivity index (χ0v) is 12.4. The predicted octanol–water partition coefficient (Wildman–Crippen LogP) is 3.87. The summed E-state index contributed by atoms with van der Waals surface area (Å²) in [6.45, 7) is 2.08. The molecule has 0 radical (unpaired) electrons. The lowest BCUT2D eigenvalue weighted by molar-refractivity contribution is 0.715. The average Bonchev–Trinajstić information content (AvgIpc) is 2.47. The van der Waals surface area contributed by atoms with Crippen LogP contribution in [0.3, 0.4) is 0 Å². The van der Waals surface area contributed by atoms with Gasteiger partial charge in [-0.1, -0.05) is 11.6 Å². The maximum Gasteiger partial charge on any atom is 0.208 e. The summed E-state index contributed by atoms with van der Waals surface area (Å²) in [5.41, 5.74) is 2.13. The Kier molecular flexibility index (Phi) is 3.80. The van der Waals surface area contributed by atoms with E-state index < -0.39 is 0 Å². The summed E-state index contributed by atoms with van der Waals surface area (Å²) in [7, 11) is 0. The molecule has 6 heteroatoms. The molecule has 1 aromatic carbocycles. The van der Waals surface area contributed by atoms with Crippen LogP contribution in [0.15, 0.2) is 52.0 Å². The third-order valence-corrected chi connectivity index (χ3v) is 4.05. The van der Waals surface area contributed by atoms with Crippen molar-refractivity contribution in [2.24, 2.45) is 4.40 Å². The Bertz CT molecular complexity index is 645. The van der Waals surface area contributed by atoms with E-state index >= 15 is 0 Å². The highest BCUT2D eigenvalue weighted by atomic mass is 35.5. The van der Waals surface area contributed by atoms with Gasteiger partial charge in [0, 0.05) is 29.4 Å². The van der Waals surface area contributed by atoms with Crippen LogP contribution < -0.4 is 10.6 Å². The second kappa shape index (κ2) is 5.73. The third kappa shape index (κ3) is 2.89. The van der Waals surface area contributed by atoms with Gasteiger partial charge >= 0.3 is 0 Å². The highest BCUT2D eigenvalue weighted by molar-refractivity contribution is 7.98. The Hall–Kier alpha value is -1.72. The number of hydrogen-bond donors (Lipinski definition) is 2. The molecule has 0 spiro atoms. The van der Waals surface area contributed by atoms with Gasteiger partial charge < -0.3 is 10.6 Å². The minimum absolute atomic E-state index is 0.144. The van der Waals surface area contributed by atoms with E-state index in [-0.39, 0.29) is 6.04 Å². The number of aromatic nitrogens is 1. The number of rotatable bonds is 2.